The largest absolute Gasteiger partial charge is 0.313 e. The normalized spacial score (nSPS) is 14.8. The molecule has 2 nitrogen and oxygen atoms in total. The molecule has 1 atom stereocenters. The van der Waals surface area contributed by atoms with Crippen LogP contribution in [0.5, 0.6) is 0 Å². The van der Waals surface area contributed by atoms with E-state index in [9.17, 15) is 0 Å². The predicted octanol–water partition coefficient (Wildman–Crippen LogP) is 10.3. The lowest BCUT2D eigenvalue weighted by Gasteiger charge is -2.25. The summed E-state index contributed by atoms with van der Waals surface area (Å²) in [6, 6.07) is 44.5. The van der Waals surface area contributed by atoms with Crippen LogP contribution in [0.25, 0.3) is 64.6 Å². The van der Waals surface area contributed by atoms with Crippen molar-refractivity contribution in [3.8, 4) is 22.6 Å². The summed E-state index contributed by atoms with van der Waals surface area (Å²) in [5, 5.41) is 5.36. The number of thiophene rings is 1. The average molecular weight is 531 g/mol. The lowest BCUT2D eigenvalue weighted by atomic mass is 9.85. The van der Waals surface area contributed by atoms with E-state index in [0.29, 0.717) is 5.92 Å². The second-order valence-electron chi connectivity index (χ2n) is 11.0. The summed E-state index contributed by atoms with van der Waals surface area (Å²) in [5.74, 6) is 0.382. The smallest absolute Gasteiger partial charge is 0.0598 e. The molecule has 190 valence electrons. The fourth-order valence-corrected chi connectivity index (χ4v) is 8.33. The predicted molar refractivity (Wildman–Crippen MR) is 171 cm³/mol. The molecule has 5 aromatic carbocycles. The van der Waals surface area contributed by atoms with Crippen molar-refractivity contribution in [3.05, 3.63) is 133 Å². The number of rotatable bonds is 2. The molecule has 40 heavy (non-hydrogen) atoms. The Kier molecular flexibility index (Phi) is 4.56. The summed E-state index contributed by atoms with van der Waals surface area (Å²) in [4.78, 5) is 0. The second-order valence-corrected chi connectivity index (χ2v) is 12.1. The molecule has 3 heteroatoms. The third-order valence-corrected chi connectivity index (χ3v) is 9.88. The van der Waals surface area contributed by atoms with Crippen LogP contribution in [0.4, 0.5) is 0 Å². The summed E-state index contributed by atoms with van der Waals surface area (Å²) in [6.45, 7) is 2.40. The van der Waals surface area contributed by atoms with Gasteiger partial charge in [-0.05, 0) is 54.4 Å². The Morgan fingerprint density at radius 3 is 2.08 bits per heavy atom. The highest BCUT2D eigenvalue weighted by Crippen LogP contribution is 2.51. The maximum absolute atomic E-state index is 2.58. The number of hydrogen-bond acceptors (Lipinski definition) is 1. The number of fused-ring (bicyclic) bond motifs is 10. The van der Waals surface area contributed by atoms with E-state index >= 15 is 0 Å². The van der Waals surface area contributed by atoms with Crippen LogP contribution in [0.2, 0.25) is 0 Å². The first-order chi connectivity index (χ1) is 19.8. The van der Waals surface area contributed by atoms with Gasteiger partial charge in [-0.15, -0.1) is 11.3 Å². The second kappa shape index (κ2) is 8.20. The number of aromatic nitrogens is 2. The topological polar surface area (TPSA) is 9.86 Å². The lowest BCUT2D eigenvalue weighted by Crippen LogP contribution is -2.13. The summed E-state index contributed by atoms with van der Waals surface area (Å²) in [7, 11) is 0. The van der Waals surface area contributed by atoms with E-state index in [1.807, 2.05) is 11.3 Å². The van der Waals surface area contributed by atoms with Crippen molar-refractivity contribution in [2.75, 3.05) is 0 Å². The molecular weight excluding hydrogens is 504 g/mol. The molecule has 0 spiro atoms. The first-order valence-electron chi connectivity index (χ1n) is 14.0. The van der Waals surface area contributed by atoms with Gasteiger partial charge in [0.25, 0.3) is 0 Å². The van der Waals surface area contributed by atoms with Gasteiger partial charge >= 0.3 is 0 Å². The number of hydrogen-bond donors (Lipinski definition) is 0. The van der Waals surface area contributed by atoms with Gasteiger partial charge in [-0.25, -0.2) is 0 Å². The molecule has 3 heterocycles. The molecule has 0 N–H and O–H groups in total. The molecule has 0 saturated heterocycles. The van der Waals surface area contributed by atoms with Crippen LogP contribution in [-0.2, 0) is 6.42 Å². The van der Waals surface area contributed by atoms with E-state index < -0.39 is 0 Å². The van der Waals surface area contributed by atoms with Gasteiger partial charge in [0.1, 0.15) is 0 Å². The van der Waals surface area contributed by atoms with Crippen molar-refractivity contribution in [2.45, 2.75) is 19.3 Å². The molecule has 0 bridgehead atoms. The van der Waals surface area contributed by atoms with Gasteiger partial charge in [0.05, 0.1) is 22.4 Å². The van der Waals surface area contributed by atoms with E-state index in [2.05, 4.69) is 137 Å². The SMILES string of the molecule is CC1Cc2c(n(-c3cccc4sc5ccccc5c34)c3ccccc23)-c2c1n(-c1ccccc1)c1ccccc21. The van der Waals surface area contributed by atoms with E-state index in [0.717, 1.165) is 6.42 Å². The van der Waals surface area contributed by atoms with Gasteiger partial charge in [-0.2, -0.15) is 0 Å². The molecule has 1 aliphatic carbocycles. The molecule has 1 unspecified atom stereocenters. The minimum absolute atomic E-state index is 0.382. The van der Waals surface area contributed by atoms with Crippen LogP contribution in [0.3, 0.4) is 0 Å². The quantitative estimate of drug-likeness (QED) is 0.210. The monoisotopic (exact) mass is 530 g/mol. The van der Waals surface area contributed by atoms with Gasteiger partial charge < -0.3 is 9.13 Å². The fraction of sp³-hybridized carbons (Fsp3) is 0.0811. The lowest BCUT2D eigenvalue weighted by molar-refractivity contribution is 0.707. The Morgan fingerprint density at radius 2 is 1.25 bits per heavy atom. The third kappa shape index (κ3) is 2.88. The molecule has 0 aliphatic heterocycles. The molecule has 8 aromatic rings. The van der Waals surface area contributed by atoms with Gasteiger partial charge in [0.2, 0.25) is 0 Å². The zero-order valence-corrected chi connectivity index (χ0v) is 23.0. The van der Waals surface area contributed by atoms with Crippen molar-refractivity contribution in [2.24, 2.45) is 0 Å². The molecule has 3 aromatic heterocycles. The van der Waals surface area contributed by atoms with Crippen molar-refractivity contribution < 1.29 is 0 Å². The number of benzene rings is 5. The van der Waals surface area contributed by atoms with Crippen LogP contribution in [0, 0.1) is 0 Å². The van der Waals surface area contributed by atoms with Gasteiger partial charge in [0.15, 0.2) is 0 Å². The van der Waals surface area contributed by atoms with Gasteiger partial charge in [-0.1, -0.05) is 85.8 Å². The maximum atomic E-state index is 2.58. The molecule has 0 fully saturated rings. The number of para-hydroxylation sites is 3. The fourth-order valence-electron chi connectivity index (χ4n) is 7.20. The Morgan fingerprint density at radius 1 is 0.600 bits per heavy atom. The molecule has 0 saturated carbocycles. The van der Waals surface area contributed by atoms with E-state index in [4.69, 9.17) is 0 Å². The van der Waals surface area contributed by atoms with Gasteiger partial charge in [0, 0.05) is 53.8 Å². The van der Waals surface area contributed by atoms with Crippen molar-refractivity contribution in [3.63, 3.8) is 0 Å². The first kappa shape index (κ1) is 22.2. The molecule has 9 rings (SSSR count). The molecule has 0 radical (unpaired) electrons. The average Bonchev–Trinajstić information content (AvgIpc) is 3.66. The van der Waals surface area contributed by atoms with Crippen molar-refractivity contribution >= 4 is 53.3 Å². The van der Waals surface area contributed by atoms with E-state index in [1.165, 1.54) is 75.9 Å². The Balaban J connectivity index is 1.49. The highest BCUT2D eigenvalue weighted by molar-refractivity contribution is 7.25. The highest BCUT2D eigenvalue weighted by Gasteiger charge is 2.34. The van der Waals surface area contributed by atoms with Gasteiger partial charge in [-0.3, -0.25) is 0 Å². The standard InChI is InChI=1S/C37H26N2S/c1-23-22-28-25-14-5-8-17-29(25)39(31-19-11-21-33-34(31)27-16-7-10-20-32(27)40-33)37(28)35-26-15-6-9-18-30(26)38(36(23)35)24-12-3-2-4-13-24/h2-21,23H,22H2,1H3. The Labute approximate surface area is 236 Å². The minimum Gasteiger partial charge on any atom is -0.313 e. The Hall–Kier alpha value is -4.60. The molecular formula is C37H26N2S. The van der Waals surface area contributed by atoms with Crippen molar-refractivity contribution in [1.82, 2.24) is 9.13 Å². The zero-order chi connectivity index (χ0) is 26.4. The third-order valence-electron chi connectivity index (χ3n) is 8.74. The number of nitrogens with zero attached hydrogens (tertiary/aromatic N) is 2. The van der Waals surface area contributed by atoms with Crippen LogP contribution in [-0.4, -0.2) is 9.13 Å². The molecule has 0 amide bonds. The molecule has 1 aliphatic rings. The Bertz CT molecular complexity index is 2260. The highest BCUT2D eigenvalue weighted by atomic mass is 32.1. The first-order valence-corrected chi connectivity index (χ1v) is 14.8. The van der Waals surface area contributed by atoms with Crippen molar-refractivity contribution in [1.29, 1.82) is 0 Å². The van der Waals surface area contributed by atoms with Crippen LogP contribution in [0.1, 0.15) is 24.1 Å². The zero-order valence-electron chi connectivity index (χ0n) is 22.1. The van der Waals surface area contributed by atoms with Crippen LogP contribution < -0.4 is 0 Å². The summed E-state index contributed by atoms with van der Waals surface area (Å²) in [5.41, 5.74) is 10.6. The van der Waals surface area contributed by atoms with E-state index in [1.54, 1.807) is 0 Å². The summed E-state index contributed by atoms with van der Waals surface area (Å²) < 4.78 is 7.77. The maximum Gasteiger partial charge on any atom is 0.0598 e. The summed E-state index contributed by atoms with van der Waals surface area (Å²) >= 11 is 1.89. The minimum atomic E-state index is 0.382. The van der Waals surface area contributed by atoms with E-state index in [-0.39, 0.29) is 0 Å². The van der Waals surface area contributed by atoms with Crippen LogP contribution in [0.15, 0.2) is 121 Å². The summed E-state index contributed by atoms with van der Waals surface area (Å²) in [6.07, 6.45) is 1.01. The van der Waals surface area contributed by atoms with Crippen LogP contribution >= 0.6 is 11.3 Å².